The van der Waals surface area contributed by atoms with Crippen LogP contribution >= 0.6 is 0 Å². The quantitative estimate of drug-likeness (QED) is 0.590. The Morgan fingerprint density at radius 2 is 2.04 bits per heavy atom. The fourth-order valence-electron chi connectivity index (χ4n) is 2.52. The molecule has 0 radical (unpaired) electrons. The van der Waals surface area contributed by atoms with Gasteiger partial charge in [0.25, 0.3) is 11.6 Å². The highest BCUT2D eigenvalue weighted by Crippen LogP contribution is 2.21. The highest BCUT2D eigenvalue weighted by atomic mass is 16.6. The molecule has 0 fully saturated rings. The third-order valence-electron chi connectivity index (χ3n) is 3.81. The van der Waals surface area contributed by atoms with E-state index in [1.807, 2.05) is 31.3 Å². The lowest BCUT2D eigenvalue weighted by atomic mass is 10.2. The van der Waals surface area contributed by atoms with Gasteiger partial charge in [-0.2, -0.15) is 0 Å². The Morgan fingerprint density at radius 3 is 2.72 bits per heavy atom. The van der Waals surface area contributed by atoms with Crippen molar-refractivity contribution in [3.8, 4) is 5.75 Å². The van der Waals surface area contributed by atoms with Crippen molar-refractivity contribution in [1.82, 2.24) is 0 Å². The highest BCUT2D eigenvalue weighted by molar-refractivity contribution is 5.92. The summed E-state index contributed by atoms with van der Waals surface area (Å²) < 4.78 is 5.20. The molecule has 2 aromatic rings. The number of nitrogens with zero attached hydrogens (tertiary/aromatic N) is 1. The number of quaternary nitrogens is 1. The third-order valence-corrected chi connectivity index (χ3v) is 3.81. The second-order valence-electron chi connectivity index (χ2n) is 5.97. The number of nitrogens with one attached hydrogen (secondary N) is 2. The number of rotatable bonds is 7. The average Bonchev–Trinajstić information content (AvgIpc) is 2.56. The topological polar surface area (TPSA) is 85.9 Å². The van der Waals surface area contributed by atoms with E-state index < -0.39 is 4.92 Å². The Hall–Kier alpha value is -2.93. The van der Waals surface area contributed by atoms with E-state index in [9.17, 15) is 14.9 Å². The van der Waals surface area contributed by atoms with Gasteiger partial charge >= 0.3 is 0 Å². The number of ether oxygens (including phenoxy) is 1. The van der Waals surface area contributed by atoms with Gasteiger partial charge in [-0.15, -0.1) is 0 Å². The van der Waals surface area contributed by atoms with Crippen LogP contribution in [0.4, 0.5) is 11.4 Å². The number of hydrogen-bond acceptors (Lipinski definition) is 4. The molecule has 2 N–H and O–H groups in total. The molecule has 0 spiro atoms. The first-order valence-electron chi connectivity index (χ1n) is 7.88. The van der Waals surface area contributed by atoms with Crippen LogP contribution in [0.5, 0.6) is 5.75 Å². The lowest BCUT2D eigenvalue weighted by Crippen LogP contribution is -3.08. The summed E-state index contributed by atoms with van der Waals surface area (Å²) in [6.07, 6.45) is 0. The molecule has 0 heterocycles. The molecule has 7 nitrogen and oxygen atoms in total. The van der Waals surface area contributed by atoms with Crippen molar-refractivity contribution in [3.05, 3.63) is 63.7 Å². The number of carbonyl (C=O) groups is 1. The van der Waals surface area contributed by atoms with E-state index in [2.05, 4.69) is 5.32 Å². The monoisotopic (exact) mass is 344 g/mol. The number of hydrogen-bond donors (Lipinski definition) is 2. The number of likely N-dealkylation sites (N-methyl/N-ethyl adjacent to an activating group) is 1. The van der Waals surface area contributed by atoms with Crippen LogP contribution in [-0.2, 0) is 11.3 Å². The van der Waals surface area contributed by atoms with Crippen LogP contribution in [0.3, 0.4) is 0 Å². The summed E-state index contributed by atoms with van der Waals surface area (Å²) in [4.78, 5) is 23.6. The Bertz CT molecular complexity index is 777. The Kier molecular flexibility index (Phi) is 6.08. The van der Waals surface area contributed by atoms with Gasteiger partial charge < -0.3 is 15.0 Å². The number of carbonyl (C=O) groups excluding carboxylic acids is 1. The molecule has 0 aromatic heterocycles. The van der Waals surface area contributed by atoms with Crippen LogP contribution in [-0.4, -0.2) is 31.5 Å². The highest BCUT2D eigenvalue weighted by Gasteiger charge is 2.14. The molecule has 0 saturated carbocycles. The minimum absolute atomic E-state index is 0.0435. The fourth-order valence-corrected chi connectivity index (χ4v) is 2.52. The van der Waals surface area contributed by atoms with Gasteiger partial charge in [-0.05, 0) is 24.6 Å². The first kappa shape index (κ1) is 18.4. The summed E-state index contributed by atoms with van der Waals surface area (Å²) in [6, 6.07) is 12.1. The molecule has 1 amide bonds. The largest absolute Gasteiger partial charge is 0.497 e. The fraction of sp³-hybridized carbons (Fsp3) is 0.278. The van der Waals surface area contributed by atoms with E-state index >= 15 is 0 Å². The summed E-state index contributed by atoms with van der Waals surface area (Å²) in [5, 5.41) is 13.6. The second kappa shape index (κ2) is 8.25. The third kappa shape index (κ3) is 5.29. The summed E-state index contributed by atoms with van der Waals surface area (Å²) >= 11 is 0. The Morgan fingerprint density at radius 1 is 1.28 bits per heavy atom. The summed E-state index contributed by atoms with van der Waals surface area (Å²) in [5.74, 6) is 0.589. The SMILES string of the molecule is COc1cccc(C[NH+](C)CC(=O)Nc2cc([N+](=O)[O-])ccc2C)c1. The molecule has 1 atom stereocenters. The van der Waals surface area contributed by atoms with Gasteiger partial charge in [0.1, 0.15) is 12.3 Å². The van der Waals surface area contributed by atoms with E-state index in [0.29, 0.717) is 12.2 Å². The maximum atomic E-state index is 12.2. The van der Waals surface area contributed by atoms with Gasteiger partial charge in [0.15, 0.2) is 6.54 Å². The van der Waals surface area contributed by atoms with E-state index in [-0.39, 0.29) is 18.1 Å². The van der Waals surface area contributed by atoms with E-state index in [1.165, 1.54) is 12.1 Å². The number of aryl methyl sites for hydroxylation is 1. The Balaban J connectivity index is 1.97. The molecule has 0 aliphatic heterocycles. The van der Waals surface area contributed by atoms with E-state index in [0.717, 1.165) is 21.8 Å². The van der Waals surface area contributed by atoms with Crippen LogP contribution in [0.15, 0.2) is 42.5 Å². The summed E-state index contributed by atoms with van der Waals surface area (Å²) in [6.45, 7) is 2.71. The second-order valence-corrected chi connectivity index (χ2v) is 5.97. The van der Waals surface area contributed by atoms with Crippen molar-refractivity contribution >= 4 is 17.3 Å². The number of methoxy groups -OCH3 is 1. The van der Waals surface area contributed by atoms with Gasteiger partial charge in [0.2, 0.25) is 0 Å². The molecule has 1 unspecified atom stereocenters. The van der Waals surface area contributed by atoms with Gasteiger partial charge in [-0.25, -0.2) is 0 Å². The first-order chi connectivity index (χ1) is 11.9. The van der Waals surface area contributed by atoms with Crippen LogP contribution in [0.2, 0.25) is 0 Å². The minimum Gasteiger partial charge on any atom is -0.497 e. The number of amides is 1. The average molecular weight is 344 g/mol. The number of nitro benzene ring substituents is 1. The minimum atomic E-state index is -0.477. The van der Waals surface area contributed by atoms with Gasteiger partial charge in [0, 0.05) is 17.7 Å². The maximum Gasteiger partial charge on any atom is 0.279 e. The van der Waals surface area contributed by atoms with Crippen molar-refractivity contribution in [2.45, 2.75) is 13.5 Å². The number of nitro groups is 1. The predicted molar refractivity (Wildman–Crippen MR) is 94.9 cm³/mol. The molecule has 0 aliphatic rings. The van der Waals surface area contributed by atoms with Crippen LogP contribution in [0.1, 0.15) is 11.1 Å². The number of non-ortho nitro benzene ring substituents is 1. The van der Waals surface area contributed by atoms with Crippen LogP contribution in [0.25, 0.3) is 0 Å². The van der Waals surface area contributed by atoms with Crippen molar-refractivity contribution in [2.75, 3.05) is 26.0 Å². The lowest BCUT2D eigenvalue weighted by molar-refractivity contribution is -0.885. The standard InChI is InChI=1S/C18H21N3O4/c1-13-7-8-15(21(23)24)10-17(13)19-18(22)12-20(2)11-14-5-4-6-16(9-14)25-3/h4-10H,11-12H2,1-3H3,(H,19,22)/p+1. The maximum absolute atomic E-state index is 12.2. The van der Waals surface area contributed by atoms with Crippen LogP contribution in [0, 0.1) is 17.0 Å². The zero-order valence-corrected chi connectivity index (χ0v) is 14.5. The van der Waals surface area contributed by atoms with E-state index in [1.54, 1.807) is 20.1 Å². The molecule has 0 bridgehead atoms. The molecule has 132 valence electrons. The molecule has 0 saturated heterocycles. The van der Waals surface area contributed by atoms with Gasteiger partial charge in [0.05, 0.1) is 24.8 Å². The first-order valence-corrected chi connectivity index (χ1v) is 7.88. The van der Waals surface area contributed by atoms with Gasteiger partial charge in [-0.3, -0.25) is 14.9 Å². The smallest absolute Gasteiger partial charge is 0.279 e. The zero-order valence-electron chi connectivity index (χ0n) is 14.5. The molecule has 25 heavy (non-hydrogen) atoms. The molecule has 2 aromatic carbocycles. The molecule has 0 aliphatic carbocycles. The van der Waals surface area contributed by atoms with Crippen molar-refractivity contribution < 1.29 is 19.4 Å². The Labute approximate surface area is 146 Å². The summed E-state index contributed by atoms with van der Waals surface area (Å²) in [5.41, 5.74) is 2.27. The summed E-state index contributed by atoms with van der Waals surface area (Å²) in [7, 11) is 3.53. The van der Waals surface area contributed by atoms with Gasteiger partial charge in [-0.1, -0.05) is 18.2 Å². The van der Waals surface area contributed by atoms with Crippen molar-refractivity contribution in [3.63, 3.8) is 0 Å². The van der Waals surface area contributed by atoms with E-state index in [4.69, 9.17) is 4.74 Å². The molecule has 2 rings (SSSR count). The lowest BCUT2D eigenvalue weighted by Gasteiger charge is -2.15. The van der Waals surface area contributed by atoms with Crippen molar-refractivity contribution in [1.29, 1.82) is 0 Å². The van der Waals surface area contributed by atoms with Crippen LogP contribution < -0.4 is 15.0 Å². The van der Waals surface area contributed by atoms with Crippen molar-refractivity contribution in [2.24, 2.45) is 0 Å². The molecular weight excluding hydrogens is 322 g/mol. The number of benzene rings is 2. The molecular formula is C18H22N3O4+. The number of anilines is 1. The predicted octanol–water partition coefficient (Wildman–Crippen LogP) is 1.57. The normalized spacial score (nSPS) is 11.6. The zero-order chi connectivity index (χ0) is 18.4. The molecule has 7 heteroatoms.